The summed E-state index contributed by atoms with van der Waals surface area (Å²) in [5.41, 5.74) is 4.43. The van der Waals surface area contributed by atoms with Crippen LogP contribution in [0.3, 0.4) is 0 Å². The zero-order valence-corrected chi connectivity index (χ0v) is 19.3. The van der Waals surface area contributed by atoms with Crippen LogP contribution in [0.15, 0.2) is 69.3 Å². The molecule has 0 atom stereocenters. The highest BCUT2D eigenvalue weighted by molar-refractivity contribution is 7.94. The maximum Gasteiger partial charge on any atom is 0.271 e. The largest absolute Gasteiger partial charge is 0.507 e. The van der Waals surface area contributed by atoms with E-state index in [9.17, 15) is 18.3 Å². The molecule has 0 saturated heterocycles. The molecule has 0 radical (unpaired) electrons. The number of aromatic hydroxyl groups is 1. The minimum atomic E-state index is -3.65. The lowest BCUT2D eigenvalue weighted by atomic mass is 10.2. The summed E-state index contributed by atoms with van der Waals surface area (Å²) >= 11 is 1.12. The molecule has 1 heterocycles. The molecule has 0 bridgehead atoms. The maximum atomic E-state index is 12.3. The third-order valence-electron chi connectivity index (χ3n) is 4.67. The van der Waals surface area contributed by atoms with Crippen LogP contribution in [0.5, 0.6) is 5.75 Å². The molecule has 3 aromatic rings. The van der Waals surface area contributed by atoms with Crippen LogP contribution in [0.2, 0.25) is 0 Å². The number of carbonyl (C=O) groups is 1. The maximum absolute atomic E-state index is 12.3. The summed E-state index contributed by atoms with van der Waals surface area (Å²) in [6, 6.07) is 14.4. The quantitative estimate of drug-likeness (QED) is 0.323. The van der Waals surface area contributed by atoms with Gasteiger partial charge in [-0.2, -0.15) is 5.10 Å². The van der Waals surface area contributed by atoms with E-state index in [1.54, 1.807) is 23.6 Å². The average molecular weight is 473 g/mol. The van der Waals surface area contributed by atoms with Gasteiger partial charge in [-0.15, -0.1) is 11.3 Å². The molecule has 10 heteroatoms. The number of phenolic OH excluding ortho intramolecular Hbond substituents is 1. The number of amides is 1. The summed E-state index contributed by atoms with van der Waals surface area (Å²) in [5.74, 6) is -0.400. The van der Waals surface area contributed by atoms with Crippen molar-refractivity contribution in [3.8, 4) is 5.75 Å². The molecule has 3 N–H and O–H groups in total. The zero-order valence-electron chi connectivity index (χ0n) is 17.6. The van der Waals surface area contributed by atoms with E-state index in [2.05, 4.69) is 20.1 Å². The third-order valence-corrected chi connectivity index (χ3v) is 7.45. The van der Waals surface area contributed by atoms with Crippen LogP contribution < -0.4 is 15.0 Å². The van der Waals surface area contributed by atoms with Crippen LogP contribution in [0.1, 0.15) is 29.8 Å². The second-order valence-electron chi connectivity index (χ2n) is 6.73. The number of nitrogens with one attached hydrogen (secondary N) is 2. The first-order valence-corrected chi connectivity index (χ1v) is 12.3. The van der Waals surface area contributed by atoms with E-state index in [0.717, 1.165) is 30.1 Å². The number of phenols is 1. The van der Waals surface area contributed by atoms with Gasteiger partial charge < -0.3 is 10.0 Å². The fourth-order valence-electron chi connectivity index (χ4n) is 2.96. The SMILES string of the molecule is CCN(CC)c1ccc(/C=N/NC(=O)c2ccc(NS(=O)(=O)c3cccs3)cc2)c(O)c1. The monoisotopic (exact) mass is 472 g/mol. The van der Waals surface area contributed by atoms with Gasteiger partial charge in [-0.05, 0) is 61.7 Å². The van der Waals surface area contributed by atoms with E-state index in [-0.39, 0.29) is 9.96 Å². The fourth-order valence-corrected chi connectivity index (χ4v) is 5.01. The first-order valence-electron chi connectivity index (χ1n) is 9.91. The molecule has 2 aromatic carbocycles. The van der Waals surface area contributed by atoms with E-state index in [0.29, 0.717) is 16.8 Å². The van der Waals surface area contributed by atoms with Gasteiger partial charge in [0.1, 0.15) is 9.96 Å². The second kappa shape index (κ2) is 10.3. The number of nitrogens with zero attached hydrogens (tertiary/aromatic N) is 2. The number of hydrogen-bond donors (Lipinski definition) is 3. The van der Waals surface area contributed by atoms with Gasteiger partial charge in [-0.3, -0.25) is 9.52 Å². The Kier molecular flexibility index (Phi) is 7.49. The van der Waals surface area contributed by atoms with Crippen molar-refractivity contribution in [3.63, 3.8) is 0 Å². The summed E-state index contributed by atoms with van der Waals surface area (Å²) < 4.78 is 27.2. The summed E-state index contributed by atoms with van der Waals surface area (Å²) in [6.07, 6.45) is 1.36. The van der Waals surface area contributed by atoms with E-state index >= 15 is 0 Å². The van der Waals surface area contributed by atoms with Crippen molar-refractivity contribution in [2.24, 2.45) is 5.10 Å². The van der Waals surface area contributed by atoms with Gasteiger partial charge in [0.05, 0.1) is 6.21 Å². The number of thiophene rings is 1. The molecule has 0 spiro atoms. The van der Waals surface area contributed by atoms with Crippen LogP contribution in [0, 0.1) is 0 Å². The molecule has 0 unspecified atom stereocenters. The molecule has 0 aliphatic carbocycles. The normalized spacial score (nSPS) is 11.4. The van der Waals surface area contributed by atoms with Gasteiger partial charge in [0, 0.05) is 41.7 Å². The Labute approximate surface area is 191 Å². The molecule has 0 fully saturated rings. The second-order valence-corrected chi connectivity index (χ2v) is 9.59. The van der Waals surface area contributed by atoms with Crippen molar-refractivity contribution in [2.75, 3.05) is 22.7 Å². The number of carbonyl (C=O) groups excluding carboxylic acids is 1. The van der Waals surface area contributed by atoms with Crippen molar-refractivity contribution in [2.45, 2.75) is 18.1 Å². The van der Waals surface area contributed by atoms with Crippen molar-refractivity contribution < 1.29 is 18.3 Å². The number of rotatable bonds is 9. The number of hydrazone groups is 1. The van der Waals surface area contributed by atoms with E-state index in [4.69, 9.17) is 0 Å². The van der Waals surface area contributed by atoms with Crippen molar-refractivity contribution in [1.29, 1.82) is 0 Å². The summed E-state index contributed by atoms with van der Waals surface area (Å²) in [7, 11) is -3.65. The van der Waals surface area contributed by atoms with Crippen molar-refractivity contribution in [3.05, 3.63) is 71.1 Å². The Bertz CT molecular complexity index is 1190. The molecule has 1 amide bonds. The summed E-state index contributed by atoms with van der Waals surface area (Å²) in [5, 5.41) is 15.8. The molecular weight excluding hydrogens is 448 g/mol. The lowest BCUT2D eigenvalue weighted by Crippen LogP contribution is -2.21. The molecule has 0 aliphatic heterocycles. The molecule has 0 aliphatic rings. The predicted octanol–water partition coefficient (Wildman–Crippen LogP) is 3.86. The van der Waals surface area contributed by atoms with Crippen molar-refractivity contribution >= 4 is 44.9 Å². The zero-order chi connectivity index (χ0) is 23.1. The van der Waals surface area contributed by atoms with Gasteiger partial charge in [-0.1, -0.05) is 6.07 Å². The van der Waals surface area contributed by atoms with Gasteiger partial charge in [0.2, 0.25) is 0 Å². The van der Waals surface area contributed by atoms with Gasteiger partial charge in [-0.25, -0.2) is 13.8 Å². The average Bonchev–Trinajstić information content (AvgIpc) is 3.32. The van der Waals surface area contributed by atoms with Crippen LogP contribution in [0.4, 0.5) is 11.4 Å². The van der Waals surface area contributed by atoms with Crippen LogP contribution in [-0.2, 0) is 10.0 Å². The number of sulfonamides is 1. The number of anilines is 2. The van der Waals surface area contributed by atoms with Crippen molar-refractivity contribution in [1.82, 2.24) is 5.43 Å². The highest BCUT2D eigenvalue weighted by Gasteiger charge is 2.15. The lowest BCUT2D eigenvalue weighted by Gasteiger charge is -2.21. The Hall–Kier alpha value is -3.37. The van der Waals surface area contributed by atoms with Gasteiger partial charge in [0.15, 0.2) is 0 Å². The minimum Gasteiger partial charge on any atom is -0.507 e. The first kappa shape index (κ1) is 23.3. The van der Waals surface area contributed by atoms with Crippen LogP contribution in [0.25, 0.3) is 0 Å². The van der Waals surface area contributed by atoms with E-state index in [1.807, 2.05) is 19.9 Å². The molecule has 32 heavy (non-hydrogen) atoms. The fraction of sp³-hybridized carbons (Fsp3) is 0.182. The first-order chi connectivity index (χ1) is 15.3. The number of benzene rings is 2. The minimum absolute atomic E-state index is 0.0646. The number of hydrogen-bond acceptors (Lipinski definition) is 7. The Morgan fingerprint density at radius 1 is 1.12 bits per heavy atom. The smallest absolute Gasteiger partial charge is 0.271 e. The Morgan fingerprint density at radius 2 is 1.84 bits per heavy atom. The summed E-state index contributed by atoms with van der Waals surface area (Å²) in [4.78, 5) is 14.4. The Balaban J connectivity index is 1.61. The van der Waals surface area contributed by atoms with E-state index in [1.165, 1.54) is 36.5 Å². The standard InChI is InChI=1S/C22H24N4O4S2/c1-3-26(4-2)19-12-9-17(20(27)14-19)15-23-24-22(28)16-7-10-18(11-8-16)25-32(29,30)21-6-5-13-31-21/h5-15,25,27H,3-4H2,1-2H3,(H,24,28)/b23-15+. The summed E-state index contributed by atoms with van der Waals surface area (Å²) in [6.45, 7) is 5.73. The molecule has 3 rings (SSSR count). The predicted molar refractivity (Wildman–Crippen MR) is 128 cm³/mol. The molecule has 1 aromatic heterocycles. The molecule has 8 nitrogen and oxygen atoms in total. The molecule has 0 saturated carbocycles. The topological polar surface area (TPSA) is 111 Å². The van der Waals surface area contributed by atoms with E-state index < -0.39 is 15.9 Å². The van der Waals surface area contributed by atoms with Crippen LogP contribution in [-0.4, -0.2) is 38.7 Å². The lowest BCUT2D eigenvalue weighted by molar-refractivity contribution is 0.0955. The highest BCUT2D eigenvalue weighted by atomic mass is 32.2. The van der Waals surface area contributed by atoms with Gasteiger partial charge in [0.25, 0.3) is 15.9 Å². The highest BCUT2D eigenvalue weighted by Crippen LogP contribution is 2.24. The molecular formula is C22H24N4O4S2. The van der Waals surface area contributed by atoms with Gasteiger partial charge >= 0.3 is 0 Å². The Morgan fingerprint density at radius 3 is 2.44 bits per heavy atom. The third kappa shape index (κ3) is 5.65. The van der Waals surface area contributed by atoms with Crippen LogP contribution >= 0.6 is 11.3 Å². The molecule has 168 valence electrons.